The number of carbonyl (C=O) groups excluding carboxylic acids is 1. The van der Waals surface area contributed by atoms with Crippen molar-refractivity contribution >= 4 is 16.1 Å². The normalized spacial score (nSPS) is 10.3. The van der Waals surface area contributed by atoms with Gasteiger partial charge in [-0.3, -0.25) is 0 Å². The lowest BCUT2D eigenvalue weighted by molar-refractivity contribution is -0.369. The van der Waals surface area contributed by atoms with E-state index in [1.165, 1.54) is 12.1 Å². The van der Waals surface area contributed by atoms with E-state index in [1.54, 1.807) is 19.1 Å². The molecule has 0 bridgehead atoms. The molecule has 0 fully saturated rings. The number of hydrogen-bond acceptors (Lipinski definition) is 5. The van der Waals surface area contributed by atoms with Gasteiger partial charge in [-0.05, 0) is 26.0 Å². The minimum absolute atomic E-state index is 0.178. The van der Waals surface area contributed by atoms with Crippen molar-refractivity contribution in [3.63, 3.8) is 0 Å². The van der Waals surface area contributed by atoms with E-state index < -0.39 is 10.1 Å². The van der Waals surface area contributed by atoms with Crippen LogP contribution in [0, 0.1) is 6.92 Å². The van der Waals surface area contributed by atoms with Gasteiger partial charge in [0.1, 0.15) is 10.1 Å². The Morgan fingerprint density at radius 2 is 1.86 bits per heavy atom. The first kappa shape index (κ1) is 19.3. The highest BCUT2D eigenvalue weighted by atomic mass is 32.2. The third-order valence-electron chi connectivity index (χ3n) is 2.29. The number of hydrogen-bond donors (Lipinski definition) is 1. The molecule has 7 heteroatoms. The van der Waals surface area contributed by atoms with Gasteiger partial charge in [0.15, 0.2) is 0 Å². The quantitative estimate of drug-likeness (QED) is 0.371. The fourth-order valence-electron chi connectivity index (χ4n) is 1.10. The maximum absolute atomic E-state index is 10.7. The van der Waals surface area contributed by atoms with E-state index in [0.717, 1.165) is 18.5 Å². The second-order valence-electron chi connectivity index (χ2n) is 4.39. The average molecular weight is 315 g/mol. The molecule has 0 radical (unpaired) electrons. The lowest BCUT2D eigenvalue weighted by atomic mass is 10.2. The molecular weight excluding hydrogens is 294 g/mol. The molecule has 0 saturated heterocycles. The van der Waals surface area contributed by atoms with Crippen molar-refractivity contribution in [2.24, 2.45) is 0 Å². The summed E-state index contributed by atoms with van der Waals surface area (Å²) >= 11 is 0. The van der Waals surface area contributed by atoms with Crippen LogP contribution in [0.5, 0.6) is 0 Å². The van der Waals surface area contributed by atoms with Crippen LogP contribution in [0.25, 0.3) is 0 Å². The van der Waals surface area contributed by atoms with E-state index in [4.69, 9.17) is 4.74 Å². The van der Waals surface area contributed by atoms with Gasteiger partial charge in [-0.15, -0.1) is 0 Å². The Morgan fingerprint density at radius 3 is 2.24 bits per heavy atom. The van der Waals surface area contributed by atoms with E-state index in [1.807, 2.05) is 6.92 Å². The van der Waals surface area contributed by atoms with Gasteiger partial charge < -0.3 is 15.0 Å². The van der Waals surface area contributed by atoms with Crippen molar-refractivity contribution in [3.8, 4) is 0 Å². The van der Waals surface area contributed by atoms with Crippen LogP contribution in [0.2, 0.25) is 0 Å². The SMILES string of the molecule is C=C(C)C(=O)OCCC[NH3+].Cc1ccc(S(=O)(=O)[O-])cc1. The van der Waals surface area contributed by atoms with Gasteiger partial charge in [0.25, 0.3) is 0 Å². The lowest BCUT2D eigenvalue weighted by Gasteiger charge is -2.05. The van der Waals surface area contributed by atoms with Crippen molar-refractivity contribution in [3.05, 3.63) is 42.0 Å². The van der Waals surface area contributed by atoms with Gasteiger partial charge in [-0.25, -0.2) is 13.2 Å². The highest BCUT2D eigenvalue weighted by molar-refractivity contribution is 7.85. The van der Waals surface area contributed by atoms with Crippen LogP contribution in [0.15, 0.2) is 41.3 Å². The van der Waals surface area contributed by atoms with Gasteiger partial charge in [0, 0.05) is 12.0 Å². The molecule has 0 aliphatic carbocycles. The third kappa shape index (κ3) is 8.96. The zero-order chi connectivity index (χ0) is 16.5. The second kappa shape index (κ2) is 9.28. The molecular formula is C14H21NO5S. The first-order chi connectivity index (χ1) is 9.68. The highest BCUT2D eigenvalue weighted by Gasteiger charge is 2.00. The molecule has 0 saturated carbocycles. The Kier molecular flexibility index (Phi) is 8.52. The van der Waals surface area contributed by atoms with Crippen LogP contribution in [0.3, 0.4) is 0 Å². The van der Waals surface area contributed by atoms with Gasteiger partial charge in [0.05, 0.1) is 18.0 Å². The highest BCUT2D eigenvalue weighted by Crippen LogP contribution is 2.08. The molecule has 0 amide bonds. The number of rotatable bonds is 5. The summed E-state index contributed by atoms with van der Waals surface area (Å²) in [5, 5.41) is 0. The fourth-order valence-corrected chi connectivity index (χ4v) is 1.56. The van der Waals surface area contributed by atoms with Gasteiger partial charge >= 0.3 is 5.97 Å². The number of ether oxygens (including phenoxy) is 1. The summed E-state index contributed by atoms with van der Waals surface area (Å²) in [4.78, 5) is 10.5. The topological polar surface area (TPSA) is 111 Å². The molecule has 6 nitrogen and oxygen atoms in total. The average Bonchev–Trinajstić information content (AvgIpc) is 2.39. The van der Waals surface area contributed by atoms with Crippen LogP contribution in [-0.2, 0) is 19.6 Å². The standard InChI is InChI=1S/C7H13NO2.C7H8O3S/c1-6(2)7(9)10-5-3-4-8;1-6-2-4-7(5-3-6)11(8,9)10/h1,3-5,8H2,2H3;2-5H,1H3,(H,8,9,10). The van der Waals surface area contributed by atoms with E-state index in [9.17, 15) is 17.8 Å². The number of aryl methyl sites for hydroxylation is 1. The molecule has 0 aliphatic rings. The van der Waals surface area contributed by atoms with E-state index in [2.05, 4.69) is 12.3 Å². The second-order valence-corrected chi connectivity index (χ2v) is 5.77. The zero-order valence-corrected chi connectivity index (χ0v) is 13.1. The Morgan fingerprint density at radius 1 is 1.33 bits per heavy atom. The minimum atomic E-state index is -4.27. The van der Waals surface area contributed by atoms with E-state index >= 15 is 0 Å². The van der Waals surface area contributed by atoms with Crippen LogP contribution in [0.1, 0.15) is 18.9 Å². The van der Waals surface area contributed by atoms with Gasteiger partial charge in [-0.2, -0.15) is 0 Å². The van der Waals surface area contributed by atoms with Crippen LogP contribution < -0.4 is 5.73 Å². The molecule has 0 unspecified atom stereocenters. The maximum atomic E-state index is 10.7. The summed E-state index contributed by atoms with van der Waals surface area (Å²) in [5.74, 6) is -0.312. The monoisotopic (exact) mass is 315 g/mol. The third-order valence-corrected chi connectivity index (χ3v) is 3.14. The number of benzene rings is 1. The number of esters is 1. The Labute approximate surface area is 125 Å². The molecule has 0 atom stereocenters. The van der Waals surface area contributed by atoms with Gasteiger partial charge in [-0.1, -0.05) is 24.3 Å². The number of carbonyl (C=O) groups is 1. The molecule has 1 aromatic rings. The minimum Gasteiger partial charge on any atom is -0.744 e. The maximum Gasteiger partial charge on any atom is 0.333 e. The largest absolute Gasteiger partial charge is 0.744 e. The predicted molar refractivity (Wildman–Crippen MR) is 77.3 cm³/mol. The summed E-state index contributed by atoms with van der Waals surface area (Å²) in [6.45, 7) is 8.14. The van der Waals surface area contributed by atoms with Crippen LogP contribution in [-0.4, -0.2) is 32.1 Å². The van der Waals surface area contributed by atoms with Crippen molar-refractivity contribution in [1.82, 2.24) is 0 Å². The summed E-state index contributed by atoms with van der Waals surface area (Å²) in [5.41, 5.74) is 4.99. The molecule has 0 spiro atoms. The molecule has 0 aromatic heterocycles. The summed E-state index contributed by atoms with van der Waals surface area (Å²) in [7, 11) is -4.27. The molecule has 0 heterocycles. The van der Waals surface area contributed by atoms with Crippen molar-refractivity contribution < 1.29 is 28.2 Å². The molecule has 1 rings (SSSR count). The smallest absolute Gasteiger partial charge is 0.333 e. The lowest BCUT2D eigenvalue weighted by Crippen LogP contribution is -2.50. The Hall–Kier alpha value is -1.70. The van der Waals surface area contributed by atoms with E-state index in [-0.39, 0.29) is 10.9 Å². The molecule has 21 heavy (non-hydrogen) atoms. The summed E-state index contributed by atoms with van der Waals surface area (Å²) < 4.78 is 35.9. The van der Waals surface area contributed by atoms with Crippen molar-refractivity contribution in [2.45, 2.75) is 25.2 Å². The van der Waals surface area contributed by atoms with E-state index in [0.29, 0.717) is 12.2 Å². The molecule has 1 aromatic carbocycles. The Bertz CT molecular complexity index is 564. The molecule has 3 N–H and O–H groups in total. The summed E-state index contributed by atoms with van der Waals surface area (Å²) in [6, 6.07) is 5.78. The predicted octanol–water partition coefficient (Wildman–Crippen LogP) is 0.637. The summed E-state index contributed by atoms with van der Waals surface area (Å²) in [6.07, 6.45) is 0.818. The van der Waals surface area contributed by atoms with Crippen molar-refractivity contribution in [1.29, 1.82) is 0 Å². The Balaban J connectivity index is 0.000000384. The van der Waals surface area contributed by atoms with Crippen molar-refractivity contribution in [2.75, 3.05) is 13.2 Å². The van der Waals surface area contributed by atoms with Crippen LogP contribution >= 0.6 is 0 Å². The van der Waals surface area contributed by atoms with Crippen LogP contribution in [0.4, 0.5) is 0 Å². The first-order valence-corrected chi connectivity index (χ1v) is 7.73. The fraction of sp³-hybridized carbons (Fsp3) is 0.357. The zero-order valence-electron chi connectivity index (χ0n) is 12.3. The first-order valence-electron chi connectivity index (χ1n) is 6.33. The molecule has 0 aliphatic heterocycles. The molecule has 118 valence electrons. The van der Waals surface area contributed by atoms with Gasteiger partial charge in [0.2, 0.25) is 0 Å². The number of quaternary nitrogens is 1.